The molecule has 0 saturated carbocycles. The van der Waals surface area contributed by atoms with Crippen molar-refractivity contribution in [3.8, 4) is 22.3 Å². The molecule has 0 aliphatic heterocycles. The van der Waals surface area contributed by atoms with Crippen LogP contribution >= 0.6 is 0 Å². The van der Waals surface area contributed by atoms with Crippen LogP contribution in [-0.4, -0.2) is 0 Å². The number of rotatable bonds is 8. The summed E-state index contributed by atoms with van der Waals surface area (Å²) in [4.78, 5) is 0. The number of fused-ring (bicyclic) bond motifs is 3. The van der Waals surface area contributed by atoms with Crippen LogP contribution < -0.4 is 0 Å². The average Bonchev–Trinajstić information content (AvgIpc) is 3.51. The summed E-state index contributed by atoms with van der Waals surface area (Å²) in [5.41, 5.74) is 19.2. The third-order valence-corrected chi connectivity index (χ3v) is 11.9. The predicted octanol–water partition coefficient (Wildman–Crippen LogP) is 14.4. The van der Waals surface area contributed by atoms with Gasteiger partial charge in [0.2, 0.25) is 0 Å². The van der Waals surface area contributed by atoms with Crippen LogP contribution in [0.2, 0.25) is 0 Å². The molecule has 0 N–H and O–H groups in total. The summed E-state index contributed by atoms with van der Waals surface area (Å²) in [6.07, 6.45) is 11.7. The molecule has 0 amide bonds. The first-order chi connectivity index (χ1) is 26.3. The molecule has 2 aliphatic rings. The molecule has 0 heteroatoms. The summed E-state index contributed by atoms with van der Waals surface area (Å²) >= 11 is 0. The first-order valence-corrected chi connectivity index (χ1v) is 19.6. The van der Waals surface area contributed by atoms with Gasteiger partial charge in [-0.3, -0.25) is 0 Å². The van der Waals surface area contributed by atoms with Crippen LogP contribution in [0.25, 0.3) is 33.4 Å². The molecular weight excluding hydrogens is 649 g/mol. The summed E-state index contributed by atoms with van der Waals surface area (Å²) in [7, 11) is 0. The highest BCUT2D eigenvalue weighted by molar-refractivity contribution is 5.96. The molecule has 0 saturated heterocycles. The molecule has 6 aromatic rings. The highest BCUT2D eigenvalue weighted by atomic mass is 14.5. The Morgan fingerprint density at radius 1 is 0.648 bits per heavy atom. The second-order valence-electron chi connectivity index (χ2n) is 15.6. The van der Waals surface area contributed by atoms with Crippen molar-refractivity contribution in [1.82, 2.24) is 0 Å². The quantitative estimate of drug-likeness (QED) is 0.139. The molecule has 0 nitrogen and oxygen atoms in total. The second-order valence-corrected chi connectivity index (χ2v) is 15.6. The zero-order valence-corrected chi connectivity index (χ0v) is 32.5. The van der Waals surface area contributed by atoms with Gasteiger partial charge in [-0.15, -0.1) is 0 Å². The molecular formula is C54H50. The van der Waals surface area contributed by atoms with E-state index in [9.17, 15) is 0 Å². The van der Waals surface area contributed by atoms with Gasteiger partial charge in [0, 0.05) is 5.92 Å². The Kier molecular flexibility index (Phi) is 9.55. The highest BCUT2D eigenvalue weighted by Gasteiger charge is 2.47. The Bertz CT molecular complexity index is 2390. The zero-order valence-electron chi connectivity index (χ0n) is 32.5. The van der Waals surface area contributed by atoms with Crippen molar-refractivity contribution < 1.29 is 0 Å². The summed E-state index contributed by atoms with van der Waals surface area (Å²) in [5, 5.41) is 0. The molecule has 0 heterocycles. The molecule has 0 radical (unpaired) electrons. The van der Waals surface area contributed by atoms with Gasteiger partial charge in [0.05, 0.1) is 5.41 Å². The third-order valence-electron chi connectivity index (χ3n) is 11.9. The maximum Gasteiger partial charge on any atom is 0.0713 e. The van der Waals surface area contributed by atoms with Gasteiger partial charge < -0.3 is 0 Å². The lowest BCUT2D eigenvalue weighted by molar-refractivity contribution is 0.599. The SMILES string of the molecule is C/C=C(\C=C/C(C)C)c1ccc(-c2cccc3c2-c2ccc(C4C=C(c5ccccc5)C=C(C)C4C)cc2C3(c2ccccc2)c2ccccc2)cc1C. The molecule has 0 fully saturated rings. The largest absolute Gasteiger partial charge is 0.0814 e. The van der Waals surface area contributed by atoms with Gasteiger partial charge >= 0.3 is 0 Å². The van der Waals surface area contributed by atoms with Crippen LogP contribution in [0.1, 0.15) is 85.0 Å². The fourth-order valence-corrected chi connectivity index (χ4v) is 9.04. The van der Waals surface area contributed by atoms with Crippen LogP contribution in [0.4, 0.5) is 0 Å². The third kappa shape index (κ3) is 6.05. The summed E-state index contributed by atoms with van der Waals surface area (Å²) in [6, 6.07) is 54.7. The van der Waals surface area contributed by atoms with E-state index in [1.807, 2.05) is 0 Å². The molecule has 0 bridgehead atoms. The van der Waals surface area contributed by atoms with E-state index in [0.29, 0.717) is 11.8 Å². The second kappa shape index (κ2) is 14.6. The van der Waals surface area contributed by atoms with E-state index in [2.05, 4.69) is 218 Å². The Morgan fingerprint density at radius 3 is 1.94 bits per heavy atom. The Labute approximate surface area is 323 Å². The van der Waals surface area contributed by atoms with Gasteiger partial charge in [0.25, 0.3) is 0 Å². The van der Waals surface area contributed by atoms with Crippen LogP contribution in [0.3, 0.4) is 0 Å². The molecule has 2 atom stereocenters. The molecule has 2 aliphatic carbocycles. The minimum Gasteiger partial charge on any atom is -0.0814 e. The normalized spacial score (nSPS) is 17.6. The van der Waals surface area contributed by atoms with Crippen molar-refractivity contribution in [2.45, 2.75) is 52.9 Å². The maximum atomic E-state index is 2.56. The van der Waals surface area contributed by atoms with Crippen molar-refractivity contribution in [2.75, 3.05) is 0 Å². The van der Waals surface area contributed by atoms with Crippen LogP contribution in [0.15, 0.2) is 182 Å². The number of aryl methyl sites for hydroxylation is 1. The molecule has 0 spiro atoms. The minimum atomic E-state index is -0.483. The lowest BCUT2D eigenvalue weighted by Gasteiger charge is -2.35. The smallest absolute Gasteiger partial charge is 0.0713 e. The number of hydrogen-bond acceptors (Lipinski definition) is 0. The van der Waals surface area contributed by atoms with Crippen molar-refractivity contribution in [3.05, 3.63) is 226 Å². The van der Waals surface area contributed by atoms with Gasteiger partial charge in [-0.05, 0) is 111 Å². The first kappa shape index (κ1) is 35.3. The Morgan fingerprint density at radius 2 is 1.31 bits per heavy atom. The maximum absolute atomic E-state index is 2.56. The number of allylic oxidation sites excluding steroid dienone is 8. The fraction of sp³-hybridized carbons (Fsp3) is 0.185. The highest BCUT2D eigenvalue weighted by Crippen LogP contribution is 2.59. The van der Waals surface area contributed by atoms with Crippen molar-refractivity contribution in [3.63, 3.8) is 0 Å². The predicted molar refractivity (Wildman–Crippen MR) is 232 cm³/mol. The van der Waals surface area contributed by atoms with E-state index < -0.39 is 5.41 Å². The average molecular weight is 699 g/mol. The first-order valence-electron chi connectivity index (χ1n) is 19.6. The van der Waals surface area contributed by atoms with Gasteiger partial charge in [0.15, 0.2) is 0 Å². The Balaban J connectivity index is 1.37. The lowest BCUT2D eigenvalue weighted by Crippen LogP contribution is -2.28. The van der Waals surface area contributed by atoms with E-state index in [-0.39, 0.29) is 5.92 Å². The molecule has 266 valence electrons. The standard InChI is InChI=1S/C54H50/c1-7-40(27-26-36(2)3)47-30-28-42(33-38(47)5)48-24-17-25-51-53(48)49-31-29-43(50-34-44(32-37(4)39(50)6)41-18-11-8-12-19-41)35-52(49)54(51,45-20-13-9-14-21-45)46-22-15-10-16-23-46/h7-36,39,50H,1-6H3/b27-26-,40-7+. The number of benzene rings is 6. The van der Waals surface area contributed by atoms with E-state index in [0.717, 1.165) is 0 Å². The van der Waals surface area contributed by atoms with Crippen LogP contribution in [0, 0.1) is 18.8 Å². The molecule has 8 rings (SSSR count). The van der Waals surface area contributed by atoms with Crippen molar-refractivity contribution in [1.29, 1.82) is 0 Å². The lowest BCUT2D eigenvalue weighted by atomic mass is 9.67. The van der Waals surface area contributed by atoms with Gasteiger partial charge in [-0.2, -0.15) is 0 Å². The summed E-state index contributed by atoms with van der Waals surface area (Å²) in [5.74, 6) is 1.14. The monoisotopic (exact) mass is 698 g/mol. The Hall–Kier alpha value is -5.72. The molecule has 2 unspecified atom stereocenters. The number of hydrogen-bond donors (Lipinski definition) is 0. The fourth-order valence-electron chi connectivity index (χ4n) is 9.04. The van der Waals surface area contributed by atoms with Gasteiger partial charge in [-0.25, -0.2) is 0 Å². The topological polar surface area (TPSA) is 0 Å². The van der Waals surface area contributed by atoms with Crippen LogP contribution in [0.5, 0.6) is 0 Å². The minimum absolute atomic E-state index is 0.253. The van der Waals surface area contributed by atoms with Crippen molar-refractivity contribution in [2.24, 2.45) is 11.8 Å². The van der Waals surface area contributed by atoms with Crippen LogP contribution in [-0.2, 0) is 5.41 Å². The van der Waals surface area contributed by atoms with E-state index >= 15 is 0 Å². The van der Waals surface area contributed by atoms with E-state index in [1.54, 1.807) is 0 Å². The van der Waals surface area contributed by atoms with E-state index in [1.165, 1.54) is 83.5 Å². The van der Waals surface area contributed by atoms with Gasteiger partial charge in [-0.1, -0.05) is 202 Å². The zero-order chi connectivity index (χ0) is 37.4. The molecule has 6 aromatic carbocycles. The van der Waals surface area contributed by atoms with Gasteiger partial charge in [0.1, 0.15) is 0 Å². The molecule has 0 aromatic heterocycles. The summed E-state index contributed by atoms with van der Waals surface area (Å²) in [6.45, 7) is 13.5. The molecule has 54 heavy (non-hydrogen) atoms. The van der Waals surface area contributed by atoms with Crippen molar-refractivity contribution >= 4 is 11.1 Å². The van der Waals surface area contributed by atoms with E-state index in [4.69, 9.17) is 0 Å². The summed E-state index contributed by atoms with van der Waals surface area (Å²) < 4.78 is 0.